The Hall–Kier alpha value is -3.74. The molecule has 1 heterocycles. The maximum Gasteiger partial charge on any atom is 0.338 e. The van der Waals surface area contributed by atoms with Gasteiger partial charge in [-0.15, -0.1) is 0 Å². The summed E-state index contributed by atoms with van der Waals surface area (Å²) < 4.78 is 4.95. The normalized spacial score (nSPS) is 10.3. The highest BCUT2D eigenvalue weighted by Gasteiger charge is 2.14. The molecule has 0 fully saturated rings. The molecule has 0 saturated heterocycles. The van der Waals surface area contributed by atoms with E-state index in [1.54, 1.807) is 43.5 Å². The molecule has 0 spiro atoms. The number of esters is 1. The SMILES string of the molecule is CCOC(=O)c1ccc(NC(=O)c2ccnc(N(CC)c3ccccc3)n2)cc1. The summed E-state index contributed by atoms with van der Waals surface area (Å²) in [7, 11) is 0. The van der Waals surface area contributed by atoms with Crippen LogP contribution in [0.3, 0.4) is 0 Å². The molecule has 3 aromatic rings. The van der Waals surface area contributed by atoms with Gasteiger partial charge in [-0.1, -0.05) is 18.2 Å². The van der Waals surface area contributed by atoms with Crippen LogP contribution in [0.15, 0.2) is 66.9 Å². The lowest BCUT2D eigenvalue weighted by Crippen LogP contribution is -2.21. The van der Waals surface area contributed by atoms with E-state index in [1.165, 1.54) is 0 Å². The van der Waals surface area contributed by atoms with E-state index in [4.69, 9.17) is 4.74 Å². The lowest BCUT2D eigenvalue weighted by molar-refractivity contribution is 0.0526. The smallest absolute Gasteiger partial charge is 0.338 e. The zero-order valence-corrected chi connectivity index (χ0v) is 16.3. The van der Waals surface area contributed by atoms with Crippen LogP contribution in [-0.2, 0) is 4.74 Å². The summed E-state index contributed by atoms with van der Waals surface area (Å²) in [6.45, 7) is 4.71. The third kappa shape index (κ3) is 4.95. The number of anilines is 3. The Labute approximate surface area is 169 Å². The minimum absolute atomic E-state index is 0.249. The number of hydrogen-bond donors (Lipinski definition) is 1. The van der Waals surface area contributed by atoms with E-state index in [0.29, 0.717) is 30.4 Å². The van der Waals surface area contributed by atoms with Crippen molar-refractivity contribution in [3.05, 3.63) is 78.1 Å². The number of carbonyl (C=O) groups is 2. The quantitative estimate of drug-likeness (QED) is 0.613. The fraction of sp³-hybridized carbons (Fsp3) is 0.182. The molecule has 2 aromatic carbocycles. The van der Waals surface area contributed by atoms with Crippen molar-refractivity contribution in [1.29, 1.82) is 0 Å². The summed E-state index contributed by atoms with van der Waals surface area (Å²) >= 11 is 0. The maximum absolute atomic E-state index is 12.6. The number of ether oxygens (including phenoxy) is 1. The molecule has 29 heavy (non-hydrogen) atoms. The van der Waals surface area contributed by atoms with Crippen molar-refractivity contribution in [2.45, 2.75) is 13.8 Å². The number of benzene rings is 2. The van der Waals surface area contributed by atoms with Crippen LogP contribution >= 0.6 is 0 Å². The van der Waals surface area contributed by atoms with E-state index in [0.717, 1.165) is 5.69 Å². The van der Waals surface area contributed by atoms with Gasteiger partial charge in [0.25, 0.3) is 5.91 Å². The minimum Gasteiger partial charge on any atom is -0.462 e. The Morgan fingerprint density at radius 2 is 1.72 bits per heavy atom. The van der Waals surface area contributed by atoms with Gasteiger partial charge in [0.2, 0.25) is 5.95 Å². The van der Waals surface area contributed by atoms with Crippen LogP contribution in [0.25, 0.3) is 0 Å². The summed E-state index contributed by atoms with van der Waals surface area (Å²) in [5, 5.41) is 2.78. The molecule has 0 aliphatic heterocycles. The first-order valence-electron chi connectivity index (χ1n) is 9.36. The Morgan fingerprint density at radius 1 is 1.00 bits per heavy atom. The van der Waals surface area contributed by atoms with E-state index < -0.39 is 5.97 Å². The van der Waals surface area contributed by atoms with Crippen LogP contribution in [-0.4, -0.2) is 35.0 Å². The zero-order chi connectivity index (χ0) is 20.6. The van der Waals surface area contributed by atoms with Gasteiger partial charge in [0.15, 0.2) is 0 Å². The topological polar surface area (TPSA) is 84.4 Å². The van der Waals surface area contributed by atoms with E-state index in [1.807, 2.05) is 42.2 Å². The number of aromatic nitrogens is 2. The highest BCUT2D eigenvalue weighted by molar-refractivity contribution is 6.03. The van der Waals surface area contributed by atoms with Crippen LogP contribution in [0.4, 0.5) is 17.3 Å². The molecule has 1 amide bonds. The van der Waals surface area contributed by atoms with Crippen molar-refractivity contribution in [2.24, 2.45) is 0 Å². The van der Waals surface area contributed by atoms with Crippen molar-refractivity contribution in [1.82, 2.24) is 9.97 Å². The van der Waals surface area contributed by atoms with Crippen LogP contribution in [0, 0.1) is 0 Å². The molecule has 0 saturated carbocycles. The van der Waals surface area contributed by atoms with E-state index in [-0.39, 0.29) is 11.6 Å². The van der Waals surface area contributed by atoms with Crippen LogP contribution in [0.2, 0.25) is 0 Å². The summed E-state index contributed by atoms with van der Waals surface area (Å²) in [5.41, 5.74) is 2.18. The van der Waals surface area contributed by atoms with E-state index in [2.05, 4.69) is 15.3 Å². The summed E-state index contributed by atoms with van der Waals surface area (Å²) in [6.07, 6.45) is 1.56. The van der Waals surface area contributed by atoms with Gasteiger partial charge in [-0.25, -0.2) is 14.8 Å². The number of para-hydroxylation sites is 1. The second-order valence-corrected chi connectivity index (χ2v) is 6.07. The molecular weight excluding hydrogens is 368 g/mol. The standard InChI is InChI=1S/C22H22N4O3/c1-3-26(18-8-6-5-7-9-18)22-23-15-14-19(25-22)20(27)24-17-12-10-16(11-13-17)21(28)29-4-2/h5-15H,3-4H2,1-2H3,(H,24,27). The summed E-state index contributed by atoms with van der Waals surface area (Å²) in [6, 6.07) is 17.8. The predicted octanol–water partition coefficient (Wildman–Crippen LogP) is 4.06. The highest BCUT2D eigenvalue weighted by atomic mass is 16.5. The van der Waals surface area contributed by atoms with Gasteiger partial charge in [0.05, 0.1) is 12.2 Å². The molecule has 1 aromatic heterocycles. The first kappa shape index (κ1) is 20.0. The number of amides is 1. The molecule has 0 aliphatic rings. The van der Waals surface area contributed by atoms with Crippen molar-refractivity contribution in [2.75, 3.05) is 23.4 Å². The average molecular weight is 390 g/mol. The molecule has 1 N–H and O–H groups in total. The van der Waals surface area contributed by atoms with E-state index >= 15 is 0 Å². The number of hydrogen-bond acceptors (Lipinski definition) is 6. The van der Waals surface area contributed by atoms with Gasteiger partial charge in [-0.2, -0.15) is 0 Å². The van der Waals surface area contributed by atoms with E-state index in [9.17, 15) is 9.59 Å². The number of rotatable bonds is 7. The molecule has 0 atom stereocenters. The third-order valence-electron chi connectivity index (χ3n) is 4.15. The fourth-order valence-electron chi connectivity index (χ4n) is 2.75. The second-order valence-electron chi connectivity index (χ2n) is 6.07. The lowest BCUT2D eigenvalue weighted by atomic mass is 10.2. The Morgan fingerprint density at radius 3 is 2.38 bits per heavy atom. The molecule has 7 nitrogen and oxygen atoms in total. The van der Waals surface area contributed by atoms with Crippen molar-refractivity contribution >= 4 is 29.2 Å². The summed E-state index contributed by atoms with van der Waals surface area (Å²) in [5.74, 6) is -0.308. The largest absolute Gasteiger partial charge is 0.462 e. The highest BCUT2D eigenvalue weighted by Crippen LogP contribution is 2.21. The molecule has 148 valence electrons. The van der Waals surface area contributed by atoms with Crippen molar-refractivity contribution in [3.8, 4) is 0 Å². The Bertz CT molecular complexity index is 975. The molecule has 7 heteroatoms. The van der Waals surface area contributed by atoms with Crippen LogP contribution in [0.1, 0.15) is 34.7 Å². The monoisotopic (exact) mass is 390 g/mol. The second kappa shape index (κ2) is 9.45. The first-order chi connectivity index (χ1) is 14.1. The van der Waals surface area contributed by atoms with Crippen LogP contribution in [0.5, 0.6) is 0 Å². The molecule has 0 radical (unpaired) electrons. The first-order valence-corrected chi connectivity index (χ1v) is 9.36. The molecule has 0 aliphatic carbocycles. The van der Waals surface area contributed by atoms with Crippen LogP contribution < -0.4 is 10.2 Å². The number of carbonyl (C=O) groups excluding carboxylic acids is 2. The molecule has 0 bridgehead atoms. The lowest BCUT2D eigenvalue weighted by Gasteiger charge is -2.21. The predicted molar refractivity (Wildman–Crippen MR) is 112 cm³/mol. The average Bonchev–Trinajstić information content (AvgIpc) is 2.76. The Kier molecular flexibility index (Phi) is 6.52. The third-order valence-corrected chi connectivity index (χ3v) is 4.15. The van der Waals surface area contributed by atoms with Gasteiger partial charge in [-0.05, 0) is 56.3 Å². The summed E-state index contributed by atoms with van der Waals surface area (Å²) in [4.78, 5) is 35.0. The van der Waals surface area contributed by atoms with Crippen molar-refractivity contribution in [3.63, 3.8) is 0 Å². The van der Waals surface area contributed by atoms with Gasteiger partial charge < -0.3 is 15.0 Å². The van der Waals surface area contributed by atoms with Gasteiger partial charge in [0, 0.05) is 24.1 Å². The van der Waals surface area contributed by atoms with Crippen molar-refractivity contribution < 1.29 is 14.3 Å². The number of nitrogens with one attached hydrogen (secondary N) is 1. The number of nitrogens with zero attached hydrogens (tertiary/aromatic N) is 3. The van der Waals surface area contributed by atoms with Gasteiger partial charge >= 0.3 is 5.97 Å². The Balaban J connectivity index is 1.75. The minimum atomic E-state index is -0.397. The van der Waals surface area contributed by atoms with Gasteiger partial charge in [-0.3, -0.25) is 4.79 Å². The molecule has 0 unspecified atom stereocenters. The molecular formula is C22H22N4O3. The maximum atomic E-state index is 12.6. The van der Waals surface area contributed by atoms with Gasteiger partial charge in [0.1, 0.15) is 5.69 Å². The zero-order valence-electron chi connectivity index (χ0n) is 16.3. The molecule has 3 rings (SSSR count). The fourth-order valence-corrected chi connectivity index (χ4v) is 2.75.